The molecule has 0 aromatic carbocycles. The van der Waals surface area contributed by atoms with E-state index in [1.165, 1.54) is 0 Å². The number of cyclic esters (lactones) is 1. The fraction of sp³-hybridized carbons (Fsp3) is 0.600. The normalized spacial score (nSPS) is 32.7. The van der Waals surface area contributed by atoms with Gasteiger partial charge in [0.2, 0.25) is 6.10 Å². The van der Waals surface area contributed by atoms with E-state index in [9.17, 15) is 9.59 Å². The molecule has 2 rings (SSSR count). The van der Waals surface area contributed by atoms with Gasteiger partial charge in [-0.1, -0.05) is 37.6 Å². The fourth-order valence-corrected chi connectivity index (χ4v) is 2.29. The molecule has 0 aromatic heterocycles. The van der Waals surface area contributed by atoms with E-state index in [2.05, 4.69) is 0 Å². The third-order valence-corrected chi connectivity index (χ3v) is 3.99. The summed E-state index contributed by atoms with van der Waals surface area (Å²) in [6.07, 6.45) is 5.79. The zero-order valence-corrected chi connectivity index (χ0v) is 11.9. The van der Waals surface area contributed by atoms with Crippen LogP contribution in [0.15, 0.2) is 23.8 Å². The van der Waals surface area contributed by atoms with E-state index in [-0.39, 0.29) is 6.61 Å². The Morgan fingerprint density at radius 3 is 2.63 bits per heavy atom. The Hall–Kier alpha value is -1.58. The van der Waals surface area contributed by atoms with Gasteiger partial charge in [0.15, 0.2) is 0 Å². The molecule has 0 N–H and O–H groups in total. The Morgan fingerprint density at radius 1 is 1.42 bits per heavy atom. The topological polar surface area (TPSA) is 52.6 Å². The van der Waals surface area contributed by atoms with Crippen molar-refractivity contribution in [3.05, 3.63) is 23.8 Å². The van der Waals surface area contributed by atoms with Crippen LogP contribution in [0.3, 0.4) is 0 Å². The maximum Gasteiger partial charge on any atom is 0.348 e. The van der Waals surface area contributed by atoms with E-state index < -0.39 is 28.9 Å². The molecule has 2 aliphatic rings. The number of hydrogen-bond acceptors (Lipinski definition) is 4. The minimum Gasteiger partial charge on any atom is -0.462 e. The maximum absolute atomic E-state index is 12.4. The summed E-state index contributed by atoms with van der Waals surface area (Å²) in [6.45, 7) is 7.72. The highest BCUT2D eigenvalue weighted by Gasteiger charge is 2.48. The molecular formula is C15H20O4. The van der Waals surface area contributed by atoms with E-state index in [1.54, 1.807) is 0 Å². The Morgan fingerprint density at radius 2 is 2.11 bits per heavy atom. The zero-order valence-electron chi connectivity index (χ0n) is 11.9. The van der Waals surface area contributed by atoms with Crippen molar-refractivity contribution >= 4 is 11.9 Å². The second-order valence-electron chi connectivity index (χ2n) is 6.11. The summed E-state index contributed by atoms with van der Waals surface area (Å²) in [5.74, 6) is -0.850. The van der Waals surface area contributed by atoms with Gasteiger partial charge in [0, 0.05) is 5.41 Å². The average molecular weight is 264 g/mol. The quantitative estimate of drug-likeness (QED) is 0.567. The number of rotatable bonds is 2. The lowest BCUT2D eigenvalue weighted by Crippen LogP contribution is -2.40. The molecule has 1 fully saturated rings. The molecule has 104 valence electrons. The van der Waals surface area contributed by atoms with Crippen LogP contribution in [0.2, 0.25) is 0 Å². The molecule has 2 atom stereocenters. The summed E-state index contributed by atoms with van der Waals surface area (Å²) < 4.78 is 10.4. The summed E-state index contributed by atoms with van der Waals surface area (Å²) in [6, 6.07) is 0. The lowest BCUT2D eigenvalue weighted by molar-refractivity contribution is -0.167. The van der Waals surface area contributed by atoms with E-state index in [1.807, 2.05) is 45.9 Å². The van der Waals surface area contributed by atoms with Crippen molar-refractivity contribution in [1.82, 2.24) is 0 Å². The van der Waals surface area contributed by atoms with Crippen molar-refractivity contribution in [3.8, 4) is 0 Å². The summed E-state index contributed by atoms with van der Waals surface area (Å²) >= 11 is 0. The monoisotopic (exact) mass is 264 g/mol. The lowest BCUT2D eigenvalue weighted by Gasteiger charge is -2.30. The largest absolute Gasteiger partial charge is 0.462 e. The first-order valence-corrected chi connectivity index (χ1v) is 6.50. The van der Waals surface area contributed by atoms with E-state index in [0.717, 1.165) is 12.0 Å². The van der Waals surface area contributed by atoms with Gasteiger partial charge in [0.25, 0.3) is 0 Å². The van der Waals surface area contributed by atoms with Crippen LogP contribution in [0.25, 0.3) is 0 Å². The van der Waals surface area contributed by atoms with Gasteiger partial charge in [-0.05, 0) is 20.3 Å². The molecular weight excluding hydrogens is 244 g/mol. The predicted octanol–water partition coefficient (Wildman–Crippen LogP) is 2.39. The van der Waals surface area contributed by atoms with Gasteiger partial charge in [0.1, 0.15) is 12.0 Å². The highest BCUT2D eigenvalue weighted by molar-refractivity contribution is 5.87. The molecule has 4 heteroatoms. The zero-order chi connectivity index (χ0) is 14.3. The van der Waals surface area contributed by atoms with Crippen LogP contribution in [-0.4, -0.2) is 24.6 Å². The van der Waals surface area contributed by atoms with Crippen molar-refractivity contribution in [2.75, 3.05) is 6.61 Å². The Kier molecular flexibility index (Phi) is 3.29. The standard InChI is InChI=1S/C15H20O4/c1-10-7-5-6-8-15(10,4)13(17)19-11-12(16)18-9-14(11,2)3/h6-8,11H,5,9H2,1-4H3/t11-,15-/m0/s1. The Labute approximate surface area is 113 Å². The van der Waals surface area contributed by atoms with Crippen LogP contribution >= 0.6 is 0 Å². The summed E-state index contributed by atoms with van der Waals surface area (Å²) in [4.78, 5) is 24.1. The van der Waals surface area contributed by atoms with Crippen LogP contribution in [0.5, 0.6) is 0 Å². The van der Waals surface area contributed by atoms with Crippen LogP contribution in [0.4, 0.5) is 0 Å². The minimum atomic E-state index is -0.819. The number of carbonyl (C=O) groups is 2. The third-order valence-electron chi connectivity index (χ3n) is 3.99. The van der Waals surface area contributed by atoms with Crippen molar-refractivity contribution in [2.45, 2.75) is 40.2 Å². The van der Waals surface area contributed by atoms with Crippen LogP contribution in [0, 0.1) is 10.8 Å². The van der Waals surface area contributed by atoms with Gasteiger partial charge in [-0.2, -0.15) is 0 Å². The summed E-state index contributed by atoms with van der Waals surface area (Å²) in [5.41, 5.74) is -0.305. The average Bonchev–Trinajstić information content (AvgIpc) is 2.60. The second kappa shape index (κ2) is 4.51. The van der Waals surface area contributed by atoms with Gasteiger partial charge >= 0.3 is 11.9 Å². The van der Waals surface area contributed by atoms with Gasteiger partial charge in [-0.25, -0.2) is 4.79 Å². The molecule has 4 nitrogen and oxygen atoms in total. The number of esters is 2. The Balaban J connectivity index is 2.18. The second-order valence-corrected chi connectivity index (χ2v) is 6.11. The van der Waals surface area contributed by atoms with E-state index >= 15 is 0 Å². The number of ether oxygens (including phenoxy) is 2. The molecule has 0 bridgehead atoms. The molecule has 1 saturated heterocycles. The molecule has 0 spiro atoms. The number of allylic oxidation sites excluding steroid dienone is 2. The fourth-order valence-electron chi connectivity index (χ4n) is 2.29. The molecule has 0 radical (unpaired) electrons. The molecule has 1 aliphatic carbocycles. The van der Waals surface area contributed by atoms with E-state index in [0.29, 0.717) is 0 Å². The number of hydrogen-bond donors (Lipinski definition) is 0. The van der Waals surface area contributed by atoms with Crippen molar-refractivity contribution < 1.29 is 19.1 Å². The molecule has 0 amide bonds. The maximum atomic E-state index is 12.4. The van der Waals surface area contributed by atoms with E-state index in [4.69, 9.17) is 9.47 Å². The molecule has 19 heavy (non-hydrogen) atoms. The van der Waals surface area contributed by atoms with Gasteiger partial charge in [-0.3, -0.25) is 4.79 Å². The first-order chi connectivity index (χ1) is 8.77. The third kappa shape index (κ3) is 2.31. The van der Waals surface area contributed by atoms with Gasteiger partial charge in [-0.15, -0.1) is 0 Å². The Bertz CT molecular complexity index is 473. The first-order valence-electron chi connectivity index (χ1n) is 6.50. The molecule has 0 unspecified atom stereocenters. The smallest absolute Gasteiger partial charge is 0.348 e. The van der Waals surface area contributed by atoms with Gasteiger partial charge in [0.05, 0.1) is 0 Å². The van der Waals surface area contributed by atoms with Crippen LogP contribution < -0.4 is 0 Å². The number of carbonyl (C=O) groups excluding carboxylic acids is 2. The lowest BCUT2D eigenvalue weighted by atomic mass is 9.79. The van der Waals surface area contributed by atoms with Crippen molar-refractivity contribution in [3.63, 3.8) is 0 Å². The summed E-state index contributed by atoms with van der Waals surface area (Å²) in [7, 11) is 0. The molecule has 0 saturated carbocycles. The van der Waals surface area contributed by atoms with Crippen LogP contribution in [0.1, 0.15) is 34.1 Å². The summed E-state index contributed by atoms with van der Waals surface area (Å²) in [5, 5.41) is 0. The highest BCUT2D eigenvalue weighted by Crippen LogP contribution is 2.37. The molecule has 1 aliphatic heterocycles. The minimum absolute atomic E-state index is 0.283. The van der Waals surface area contributed by atoms with Gasteiger partial charge < -0.3 is 9.47 Å². The molecule has 0 aromatic rings. The SMILES string of the molecule is CC1=CCC=C[C@]1(C)C(=O)O[C@H]1C(=O)OCC1(C)C. The first kappa shape index (κ1) is 13.8. The van der Waals surface area contributed by atoms with Crippen molar-refractivity contribution in [1.29, 1.82) is 0 Å². The predicted molar refractivity (Wildman–Crippen MR) is 70.2 cm³/mol. The van der Waals surface area contributed by atoms with Crippen molar-refractivity contribution in [2.24, 2.45) is 10.8 Å². The molecule has 1 heterocycles. The van der Waals surface area contributed by atoms with Crippen LogP contribution in [-0.2, 0) is 19.1 Å². The highest BCUT2D eigenvalue weighted by atomic mass is 16.6.